The average molecular weight is 402 g/mol. The van der Waals surface area contributed by atoms with E-state index >= 15 is 0 Å². The minimum absolute atomic E-state index is 0.0871. The number of benzene rings is 2. The molecule has 0 spiro atoms. The van der Waals surface area contributed by atoms with Crippen molar-refractivity contribution in [1.29, 1.82) is 0 Å². The number of hydrogen-bond donors (Lipinski definition) is 1. The van der Waals surface area contributed by atoms with E-state index in [1.165, 1.54) is 11.8 Å². The average Bonchev–Trinajstić information content (AvgIpc) is 2.84. The lowest BCUT2D eigenvalue weighted by Gasteiger charge is -2.09. The SMILES string of the molecule is CC1=C(C(=O)Nc2ccc(Br)cc2)C(=O)C(Cc2ccccc2)S1. The summed E-state index contributed by atoms with van der Waals surface area (Å²) in [5.74, 6) is -0.418. The summed E-state index contributed by atoms with van der Waals surface area (Å²) in [7, 11) is 0. The van der Waals surface area contributed by atoms with Gasteiger partial charge in [-0.15, -0.1) is 11.8 Å². The molecule has 122 valence electrons. The number of thioether (sulfide) groups is 1. The molecule has 5 heteroatoms. The summed E-state index contributed by atoms with van der Waals surface area (Å²) >= 11 is 4.84. The van der Waals surface area contributed by atoms with E-state index in [4.69, 9.17) is 0 Å². The van der Waals surface area contributed by atoms with Gasteiger partial charge in [-0.25, -0.2) is 0 Å². The highest BCUT2D eigenvalue weighted by Crippen LogP contribution is 2.37. The third-order valence-electron chi connectivity index (χ3n) is 3.80. The molecular weight excluding hydrogens is 386 g/mol. The zero-order chi connectivity index (χ0) is 17.1. The van der Waals surface area contributed by atoms with Crippen molar-refractivity contribution in [2.45, 2.75) is 18.6 Å². The lowest BCUT2D eigenvalue weighted by Crippen LogP contribution is -2.24. The van der Waals surface area contributed by atoms with E-state index in [2.05, 4.69) is 21.2 Å². The molecule has 0 radical (unpaired) electrons. The van der Waals surface area contributed by atoms with Crippen molar-refractivity contribution in [3.63, 3.8) is 0 Å². The Labute approximate surface area is 153 Å². The molecule has 3 rings (SSSR count). The predicted octanol–water partition coefficient (Wildman–Crippen LogP) is 4.59. The van der Waals surface area contributed by atoms with Gasteiger partial charge in [-0.3, -0.25) is 9.59 Å². The van der Waals surface area contributed by atoms with Gasteiger partial charge in [0.25, 0.3) is 5.91 Å². The van der Waals surface area contributed by atoms with Crippen molar-refractivity contribution in [3.8, 4) is 0 Å². The second-order valence-electron chi connectivity index (χ2n) is 5.55. The molecule has 0 bridgehead atoms. The van der Waals surface area contributed by atoms with Gasteiger partial charge < -0.3 is 5.32 Å². The van der Waals surface area contributed by atoms with Crippen molar-refractivity contribution < 1.29 is 9.59 Å². The van der Waals surface area contributed by atoms with Crippen molar-refractivity contribution >= 4 is 45.1 Å². The van der Waals surface area contributed by atoms with Gasteiger partial charge in [0.05, 0.1) is 10.8 Å². The van der Waals surface area contributed by atoms with Crippen LogP contribution in [0.2, 0.25) is 0 Å². The standard InChI is InChI=1S/C19H16BrNO2S/c1-12-17(19(23)21-15-9-7-14(20)8-10-15)18(22)16(24-12)11-13-5-3-2-4-6-13/h2-10,16H,11H2,1H3,(H,21,23). The number of ketones is 1. The number of carbonyl (C=O) groups excluding carboxylic acids is 2. The third kappa shape index (κ3) is 3.79. The number of nitrogens with one attached hydrogen (secondary N) is 1. The van der Waals surface area contributed by atoms with Gasteiger partial charge in [-0.1, -0.05) is 46.3 Å². The van der Waals surface area contributed by atoms with Crippen LogP contribution in [0.4, 0.5) is 5.69 Å². The fraction of sp³-hybridized carbons (Fsp3) is 0.158. The molecule has 1 heterocycles. The highest BCUT2D eigenvalue weighted by molar-refractivity contribution is 9.10. The molecule has 0 saturated heterocycles. The van der Waals surface area contributed by atoms with E-state index in [9.17, 15) is 9.59 Å². The normalized spacial score (nSPS) is 17.2. The molecule has 3 nitrogen and oxygen atoms in total. The van der Waals surface area contributed by atoms with Crippen LogP contribution in [0.1, 0.15) is 12.5 Å². The molecule has 0 aliphatic carbocycles. The number of halogens is 1. The molecule has 1 N–H and O–H groups in total. The van der Waals surface area contributed by atoms with Crippen molar-refractivity contribution in [2.75, 3.05) is 5.32 Å². The number of carbonyl (C=O) groups is 2. The monoisotopic (exact) mass is 401 g/mol. The molecule has 1 amide bonds. The van der Waals surface area contributed by atoms with Gasteiger partial charge >= 0.3 is 0 Å². The summed E-state index contributed by atoms with van der Waals surface area (Å²) in [4.78, 5) is 26.0. The van der Waals surface area contributed by atoms with Crippen LogP contribution in [0.15, 0.2) is 69.5 Å². The number of rotatable bonds is 4. The third-order valence-corrected chi connectivity index (χ3v) is 5.55. The molecule has 1 aliphatic rings. The Morgan fingerprint density at radius 2 is 1.79 bits per heavy atom. The topological polar surface area (TPSA) is 46.2 Å². The predicted molar refractivity (Wildman–Crippen MR) is 102 cm³/mol. The largest absolute Gasteiger partial charge is 0.322 e. The Morgan fingerprint density at radius 3 is 2.46 bits per heavy atom. The van der Waals surface area contributed by atoms with E-state index in [1.807, 2.05) is 49.4 Å². The first-order valence-corrected chi connectivity index (χ1v) is 9.24. The van der Waals surface area contributed by atoms with E-state index in [1.54, 1.807) is 12.1 Å². The lowest BCUT2D eigenvalue weighted by molar-refractivity contribution is -0.119. The van der Waals surface area contributed by atoms with Crippen LogP contribution in [0, 0.1) is 0 Å². The summed E-state index contributed by atoms with van der Waals surface area (Å²) in [6.07, 6.45) is 0.636. The van der Waals surface area contributed by atoms with Crippen molar-refractivity contribution in [1.82, 2.24) is 0 Å². The quantitative estimate of drug-likeness (QED) is 0.761. The molecule has 1 unspecified atom stereocenters. The molecule has 0 fully saturated rings. The first-order valence-electron chi connectivity index (χ1n) is 7.57. The van der Waals surface area contributed by atoms with Gasteiger partial charge in [0.15, 0.2) is 5.78 Å². The van der Waals surface area contributed by atoms with Gasteiger partial charge in [0.1, 0.15) is 0 Å². The molecule has 24 heavy (non-hydrogen) atoms. The lowest BCUT2D eigenvalue weighted by atomic mass is 10.0. The molecule has 1 aliphatic heterocycles. The summed E-state index contributed by atoms with van der Waals surface area (Å²) in [5, 5.41) is 2.58. The zero-order valence-electron chi connectivity index (χ0n) is 13.1. The van der Waals surface area contributed by atoms with Crippen LogP contribution >= 0.6 is 27.7 Å². The highest BCUT2D eigenvalue weighted by atomic mass is 79.9. The number of hydrogen-bond acceptors (Lipinski definition) is 3. The Morgan fingerprint density at radius 1 is 1.12 bits per heavy atom. The minimum Gasteiger partial charge on any atom is -0.322 e. The Kier molecular flexibility index (Phi) is 5.21. The number of anilines is 1. The van der Waals surface area contributed by atoms with Crippen LogP contribution in [0.25, 0.3) is 0 Å². The minimum atomic E-state index is -0.331. The van der Waals surface area contributed by atoms with Crippen LogP contribution in [0.3, 0.4) is 0 Å². The number of allylic oxidation sites excluding steroid dienone is 1. The van der Waals surface area contributed by atoms with Crippen LogP contribution < -0.4 is 5.32 Å². The van der Waals surface area contributed by atoms with Crippen molar-refractivity contribution in [3.05, 3.63) is 75.1 Å². The molecule has 2 aromatic rings. The Hall–Kier alpha value is -1.85. The smallest absolute Gasteiger partial charge is 0.260 e. The molecule has 0 aromatic heterocycles. The highest BCUT2D eigenvalue weighted by Gasteiger charge is 2.35. The Balaban J connectivity index is 1.71. The maximum absolute atomic E-state index is 12.7. The van der Waals surface area contributed by atoms with E-state index in [0.717, 1.165) is 14.9 Å². The second kappa shape index (κ2) is 7.36. The number of amides is 1. The van der Waals surface area contributed by atoms with E-state index in [-0.39, 0.29) is 22.5 Å². The molecular formula is C19H16BrNO2S. The molecule has 1 atom stereocenters. The molecule has 0 saturated carbocycles. The zero-order valence-corrected chi connectivity index (χ0v) is 15.5. The maximum atomic E-state index is 12.7. The number of Topliss-reactive ketones (excluding diaryl/α,β-unsaturated/α-hetero) is 1. The fourth-order valence-electron chi connectivity index (χ4n) is 2.62. The van der Waals surface area contributed by atoms with Gasteiger partial charge in [-0.05, 0) is 48.1 Å². The summed E-state index contributed by atoms with van der Waals surface area (Å²) in [6.45, 7) is 1.84. The Bertz CT molecular complexity index is 800. The second-order valence-corrected chi connectivity index (χ2v) is 7.89. The summed E-state index contributed by atoms with van der Waals surface area (Å²) in [5.41, 5.74) is 2.06. The van der Waals surface area contributed by atoms with E-state index in [0.29, 0.717) is 12.1 Å². The van der Waals surface area contributed by atoms with Gasteiger partial charge in [0, 0.05) is 10.2 Å². The molecule has 2 aromatic carbocycles. The van der Waals surface area contributed by atoms with Gasteiger partial charge in [0.2, 0.25) is 0 Å². The first kappa shape index (κ1) is 17.0. The first-order chi connectivity index (χ1) is 11.5. The van der Waals surface area contributed by atoms with Gasteiger partial charge in [-0.2, -0.15) is 0 Å². The maximum Gasteiger partial charge on any atom is 0.260 e. The van der Waals surface area contributed by atoms with Crippen LogP contribution in [-0.2, 0) is 16.0 Å². The summed E-state index contributed by atoms with van der Waals surface area (Å²) < 4.78 is 0.936. The van der Waals surface area contributed by atoms with Crippen molar-refractivity contribution in [2.24, 2.45) is 0 Å². The summed E-state index contributed by atoms with van der Waals surface area (Å²) in [6, 6.07) is 17.2. The van der Waals surface area contributed by atoms with E-state index < -0.39 is 0 Å². The van der Waals surface area contributed by atoms with Crippen LogP contribution in [0.5, 0.6) is 0 Å². The van der Waals surface area contributed by atoms with Crippen LogP contribution in [-0.4, -0.2) is 16.9 Å². The fourth-order valence-corrected chi connectivity index (χ4v) is 4.12.